The fraction of sp³-hybridized carbons (Fsp3) is 0.425. The van der Waals surface area contributed by atoms with Crippen LogP contribution in [0.4, 0.5) is 44.7 Å². The molecule has 0 bridgehead atoms. The number of carbonyl (C=O) groups excluding carboxylic acids is 4. The zero-order valence-corrected chi connectivity index (χ0v) is 34.4. The van der Waals surface area contributed by atoms with Gasteiger partial charge in [-0.3, -0.25) is 39.2 Å². The Kier molecular flexibility index (Phi) is 12.9. The first kappa shape index (κ1) is 44.4. The summed E-state index contributed by atoms with van der Waals surface area (Å²) >= 11 is 10.8. The number of rotatable bonds is 12. The molecule has 0 saturated carbocycles. The van der Waals surface area contributed by atoms with Crippen LogP contribution in [0.3, 0.4) is 0 Å². The molecule has 3 N–H and O–H groups in total. The topological polar surface area (TPSA) is 150 Å². The largest absolute Gasteiger partial charge is 0.492 e. The average Bonchev–Trinajstić information content (AvgIpc) is 3.34. The van der Waals surface area contributed by atoms with Crippen LogP contribution in [0.5, 0.6) is 5.75 Å². The van der Waals surface area contributed by atoms with Crippen molar-refractivity contribution in [1.29, 1.82) is 5.26 Å². The molecule has 60 heavy (non-hydrogen) atoms. The van der Waals surface area contributed by atoms with Crippen molar-refractivity contribution in [2.24, 2.45) is 0 Å². The van der Waals surface area contributed by atoms with E-state index < -0.39 is 57.7 Å². The molecule has 13 nitrogen and oxygen atoms in total. The van der Waals surface area contributed by atoms with Gasteiger partial charge < -0.3 is 20.3 Å². The second kappa shape index (κ2) is 17.4. The molecule has 0 aromatic heterocycles. The Bertz CT molecular complexity index is 2210. The Labute approximate surface area is 353 Å². The standard InChI is InChI=1S/C40H42ClF5N8O5S/c1-38(2)36(58)53(27-5-4-23(21-47)29(19-27)40(44,45)46)37(60)54(38)28-6-8-32(30(20-28)39(3,42)43)59-15-14-51-10-12-52(13-11-51)22-34(56)49-26-17-24(41)16-25(18-26)48-31-7-9-33(55)50-35(31)57/h4-6,8,16-20,31,37,48,60H,7,9-15,22H2,1-3H3,(H,49,56)(H,50,55,57). The number of hydrogen-bond acceptors (Lipinski definition) is 11. The number of anilines is 4. The van der Waals surface area contributed by atoms with E-state index in [1.165, 1.54) is 49.1 Å². The van der Waals surface area contributed by atoms with E-state index in [0.29, 0.717) is 68.5 Å². The molecular weight excluding hydrogens is 835 g/mol. The summed E-state index contributed by atoms with van der Waals surface area (Å²) in [5.41, 5.74) is -4.00. The minimum atomic E-state index is -4.87. The summed E-state index contributed by atoms with van der Waals surface area (Å²) in [5, 5.41) is 17.7. The Balaban J connectivity index is 1.04. The van der Waals surface area contributed by atoms with Gasteiger partial charge in [0.25, 0.3) is 11.8 Å². The second-order valence-corrected chi connectivity index (χ2v) is 16.1. The van der Waals surface area contributed by atoms with Gasteiger partial charge in [-0.2, -0.15) is 18.4 Å². The number of nitriles is 1. The summed E-state index contributed by atoms with van der Waals surface area (Å²) in [6, 6.07) is 12.6. The third-order valence-electron chi connectivity index (χ3n) is 10.5. The number of hydrogen-bond donors (Lipinski definition) is 4. The maximum Gasteiger partial charge on any atom is 0.417 e. The number of benzene rings is 3. The van der Waals surface area contributed by atoms with E-state index >= 15 is 8.78 Å². The first-order valence-electron chi connectivity index (χ1n) is 18.9. The zero-order valence-electron chi connectivity index (χ0n) is 32.7. The Morgan fingerprint density at radius 2 is 1.62 bits per heavy atom. The number of nitrogens with one attached hydrogen (secondary N) is 3. The number of piperazine rings is 1. The number of ether oxygens (including phenoxy) is 1. The summed E-state index contributed by atoms with van der Waals surface area (Å²) in [6.07, 6.45) is -4.34. The van der Waals surface area contributed by atoms with E-state index in [1.54, 1.807) is 18.2 Å². The molecule has 3 saturated heterocycles. The fourth-order valence-corrected chi connectivity index (χ4v) is 8.30. The summed E-state index contributed by atoms with van der Waals surface area (Å²) in [6.45, 7) is 6.52. The highest BCUT2D eigenvalue weighted by Crippen LogP contribution is 2.45. The summed E-state index contributed by atoms with van der Waals surface area (Å²) in [7, 11) is 0. The molecular formula is C40H42ClF5N8O5S. The number of imide groups is 1. The highest BCUT2D eigenvalue weighted by Gasteiger charge is 2.52. The number of halogens is 6. The monoisotopic (exact) mass is 876 g/mol. The molecule has 320 valence electrons. The van der Waals surface area contributed by atoms with Gasteiger partial charge in [-0.1, -0.05) is 11.6 Å². The van der Waals surface area contributed by atoms with Gasteiger partial charge in [-0.15, -0.1) is 12.6 Å². The zero-order chi connectivity index (χ0) is 43.7. The molecule has 3 fully saturated rings. The molecule has 6 rings (SSSR count). The maximum atomic E-state index is 15.1. The van der Waals surface area contributed by atoms with Crippen molar-refractivity contribution in [2.75, 3.05) is 66.3 Å². The molecule has 3 aliphatic heterocycles. The molecule has 3 aromatic rings. The third-order valence-corrected chi connectivity index (χ3v) is 11.2. The summed E-state index contributed by atoms with van der Waals surface area (Å²) < 4.78 is 77.5. The summed E-state index contributed by atoms with van der Waals surface area (Å²) in [4.78, 5) is 56.8. The van der Waals surface area contributed by atoms with Crippen LogP contribution in [-0.4, -0.2) is 96.4 Å². The minimum absolute atomic E-state index is 0.0593. The van der Waals surface area contributed by atoms with Crippen LogP contribution in [0.1, 0.15) is 50.3 Å². The van der Waals surface area contributed by atoms with Gasteiger partial charge in [0, 0.05) is 73.8 Å². The van der Waals surface area contributed by atoms with Gasteiger partial charge in [0.2, 0.25) is 17.7 Å². The van der Waals surface area contributed by atoms with Crippen molar-refractivity contribution in [1.82, 2.24) is 15.1 Å². The molecule has 0 aliphatic carbocycles. The lowest BCUT2D eigenvalue weighted by Crippen LogP contribution is -2.49. The van der Waals surface area contributed by atoms with Crippen molar-refractivity contribution in [3.8, 4) is 11.8 Å². The molecule has 4 amide bonds. The predicted octanol–water partition coefficient (Wildman–Crippen LogP) is 6.04. The van der Waals surface area contributed by atoms with Gasteiger partial charge in [0.05, 0.1) is 29.3 Å². The number of amides is 4. The minimum Gasteiger partial charge on any atom is -0.492 e. The highest BCUT2D eigenvalue weighted by atomic mass is 35.5. The molecule has 3 aromatic carbocycles. The van der Waals surface area contributed by atoms with Crippen molar-refractivity contribution < 1.29 is 45.9 Å². The quantitative estimate of drug-likeness (QED) is 0.0965. The van der Waals surface area contributed by atoms with Crippen molar-refractivity contribution in [3.63, 3.8) is 0 Å². The fourth-order valence-electron chi connectivity index (χ4n) is 7.40. The van der Waals surface area contributed by atoms with Gasteiger partial charge >= 0.3 is 6.18 Å². The van der Waals surface area contributed by atoms with Crippen LogP contribution in [0, 0.1) is 11.3 Å². The van der Waals surface area contributed by atoms with Crippen LogP contribution in [0.25, 0.3) is 0 Å². The smallest absolute Gasteiger partial charge is 0.417 e. The Hall–Kier alpha value is -5.16. The molecule has 2 atom stereocenters. The van der Waals surface area contributed by atoms with Crippen LogP contribution in [0.2, 0.25) is 5.02 Å². The highest BCUT2D eigenvalue weighted by molar-refractivity contribution is 7.81. The van der Waals surface area contributed by atoms with E-state index in [-0.39, 0.29) is 48.5 Å². The van der Waals surface area contributed by atoms with Crippen LogP contribution in [0.15, 0.2) is 54.6 Å². The molecule has 2 unspecified atom stereocenters. The molecule has 0 spiro atoms. The SMILES string of the molecule is CC(F)(F)c1cc(N2C(S)N(c3ccc(C#N)c(C(F)(F)F)c3)C(=O)C2(C)C)ccc1OCCN1CCN(CC(=O)Nc2cc(Cl)cc(NC3CCC(=O)NC3=O)c2)CC1. The first-order chi connectivity index (χ1) is 28.1. The lowest BCUT2D eigenvalue weighted by atomic mass is 10.0. The van der Waals surface area contributed by atoms with Crippen molar-refractivity contribution in [3.05, 3.63) is 76.3 Å². The lowest BCUT2D eigenvalue weighted by Gasteiger charge is -2.35. The molecule has 20 heteroatoms. The van der Waals surface area contributed by atoms with Crippen LogP contribution >= 0.6 is 24.2 Å². The van der Waals surface area contributed by atoms with E-state index in [1.807, 2.05) is 4.90 Å². The number of alkyl halides is 5. The van der Waals surface area contributed by atoms with Crippen LogP contribution < -0.4 is 30.5 Å². The van der Waals surface area contributed by atoms with Crippen LogP contribution in [-0.2, 0) is 31.3 Å². The van der Waals surface area contributed by atoms with E-state index in [0.717, 1.165) is 11.0 Å². The van der Waals surface area contributed by atoms with Gasteiger partial charge in [-0.05, 0) is 74.9 Å². The number of carbonyl (C=O) groups is 4. The van der Waals surface area contributed by atoms with E-state index in [9.17, 15) is 37.6 Å². The maximum absolute atomic E-state index is 15.1. The third kappa shape index (κ3) is 9.89. The van der Waals surface area contributed by atoms with Crippen molar-refractivity contribution >= 4 is 70.6 Å². The van der Waals surface area contributed by atoms with Gasteiger partial charge in [0.1, 0.15) is 23.9 Å². The Morgan fingerprint density at radius 1 is 0.967 bits per heavy atom. The van der Waals surface area contributed by atoms with E-state index in [2.05, 4.69) is 33.5 Å². The molecule has 3 aliphatic rings. The number of thiol groups is 1. The summed E-state index contributed by atoms with van der Waals surface area (Å²) in [5.74, 6) is -5.16. The first-order valence-corrected chi connectivity index (χ1v) is 19.8. The van der Waals surface area contributed by atoms with Crippen molar-refractivity contribution in [2.45, 2.75) is 62.8 Å². The number of nitrogens with zero attached hydrogens (tertiary/aromatic N) is 5. The lowest BCUT2D eigenvalue weighted by molar-refractivity contribution is -0.138. The molecule has 0 radical (unpaired) electrons. The Morgan fingerprint density at radius 3 is 2.27 bits per heavy atom. The normalized spacial score (nSPS) is 20.2. The number of piperidine rings is 1. The average molecular weight is 877 g/mol. The van der Waals surface area contributed by atoms with Gasteiger partial charge in [-0.25, -0.2) is 8.78 Å². The van der Waals surface area contributed by atoms with Gasteiger partial charge in [0.15, 0.2) is 5.50 Å². The predicted molar refractivity (Wildman–Crippen MR) is 217 cm³/mol. The van der Waals surface area contributed by atoms with E-state index in [4.69, 9.17) is 16.3 Å². The second-order valence-electron chi connectivity index (χ2n) is 15.2. The molecule has 3 heterocycles.